The van der Waals surface area contributed by atoms with Gasteiger partial charge in [-0.3, -0.25) is 9.59 Å². The van der Waals surface area contributed by atoms with Gasteiger partial charge in [-0.05, 0) is 45.6 Å². The van der Waals surface area contributed by atoms with E-state index in [9.17, 15) is 9.59 Å². The Balaban J connectivity index is 3.36. The Morgan fingerprint density at radius 3 is 1.14 bits per heavy atom. The minimum atomic E-state index is -0.661. The predicted octanol–water partition coefficient (Wildman–Crippen LogP) is 15.7. The molecule has 0 aromatic carbocycles. The molecule has 4 N–H and O–H groups in total. The van der Waals surface area contributed by atoms with E-state index in [2.05, 4.69) is 19.2 Å². The molecule has 0 aliphatic carbocycles. The molecule has 0 radical (unpaired) electrons. The Hall–Kier alpha value is -1.14. The summed E-state index contributed by atoms with van der Waals surface area (Å²) in [5, 5.41) is 12.5. The van der Waals surface area contributed by atoms with Crippen molar-refractivity contribution < 1.29 is 19.4 Å². The molecule has 0 heterocycles. The number of carboxylic acid groups (broad SMARTS) is 1. The first-order valence-electron chi connectivity index (χ1n) is 25.8. The Labute approximate surface area is 356 Å². The number of carboxylic acids is 1. The fourth-order valence-corrected chi connectivity index (χ4v) is 8.32. The summed E-state index contributed by atoms with van der Waals surface area (Å²) >= 11 is 0. The van der Waals surface area contributed by atoms with Crippen LogP contribution >= 0.6 is 0 Å². The van der Waals surface area contributed by atoms with Crippen molar-refractivity contribution in [3.05, 3.63) is 0 Å². The van der Waals surface area contributed by atoms with Crippen LogP contribution in [0.15, 0.2) is 0 Å². The molecule has 2 unspecified atom stereocenters. The first-order valence-corrected chi connectivity index (χ1v) is 25.8. The average Bonchev–Trinajstić information content (AvgIpc) is 3.19. The van der Waals surface area contributed by atoms with Crippen molar-refractivity contribution in [2.45, 2.75) is 302 Å². The molecule has 0 saturated heterocycles. The van der Waals surface area contributed by atoms with E-state index in [4.69, 9.17) is 15.6 Å². The SMILES string of the molecule is CCCCCCCCCCCCCCCCOC(=O)CCCCCCCCCCCCCCCNC(CCCCCCCCCCCCCCCC(=O)O)C(C)N. The van der Waals surface area contributed by atoms with Crippen LogP contribution in [-0.2, 0) is 14.3 Å². The van der Waals surface area contributed by atoms with Crippen molar-refractivity contribution in [3.8, 4) is 0 Å². The smallest absolute Gasteiger partial charge is 0.305 e. The van der Waals surface area contributed by atoms with Gasteiger partial charge < -0.3 is 20.9 Å². The van der Waals surface area contributed by atoms with E-state index in [1.807, 2.05) is 0 Å². The number of carbonyl (C=O) groups is 2. The molecule has 0 fully saturated rings. The van der Waals surface area contributed by atoms with Crippen LogP contribution in [0.1, 0.15) is 290 Å². The third kappa shape index (κ3) is 47.4. The van der Waals surface area contributed by atoms with Gasteiger partial charge in [-0.2, -0.15) is 0 Å². The summed E-state index contributed by atoms with van der Waals surface area (Å²) in [7, 11) is 0. The van der Waals surface area contributed by atoms with Gasteiger partial charge in [0.1, 0.15) is 0 Å². The maximum atomic E-state index is 12.0. The molecule has 2 atom stereocenters. The van der Waals surface area contributed by atoms with E-state index >= 15 is 0 Å². The van der Waals surface area contributed by atoms with Gasteiger partial charge in [-0.1, -0.05) is 238 Å². The van der Waals surface area contributed by atoms with Crippen LogP contribution in [0.4, 0.5) is 0 Å². The number of rotatable bonds is 49. The van der Waals surface area contributed by atoms with Crippen LogP contribution in [0.3, 0.4) is 0 Å². The lowest BCUT2D eigenvalue weighted by atomic mass is 10.0. The zero-order valence-corrected chi connectivity index (χ0v) is 38.7. The lowest BCUT2D eigenvalue weighted by Crippen LogP contribution is -2.43. The molecule has 0 amide bonds. The molecular weight excluding hydrogens is 705 g/mol. The summed E-state index contributed by atoms with van der Waals surface area (Å²) in [4.78, 5) is 22.6. The van der Waals surface area contributed by atoms with Gasteiger partial charge in [0.2, 0.25) is 0 Å². The Kier molecular flexibility index (Phi) is 46.6. The van der Waals surface area contributed by atoms with Gasteiger partial charge in [-0.25, -0.2) is 0 Å². The molecule has 0 bridgehead atoms. The molecule has 0 rings (SSSR count). The normalized spacial score (nSPS) is 12.6. The zero-order chi connectivity index (χ0) is 41.5. The van der Waals surface area contributed by atoms with Gasteiger partial charge in [-0.15, -0.1) is 0 Å². The van der Waals surface area contributed by atoms with Crippen LogP contribution < -0.4 is 11.1 Å². The van der Waals surface area contributed by atoms with E-state index in [1.54, 1.807) is 0 Å². The topological polar surface area (TPSA) is 102 Å². The third-order valence-electron chi connectivity index (χ3n) is 12.3. The highest BCUT2D eigenvalue weighted by molar-refractivity contribution is 5.69. The third-order valence-corrected chi connectivity index (χ3v) is 12.3. The Morgan fingerprint density at radius 1 is 0.456 bits per heavy atom. The summed E-state index contributed by atoms with van der Waals surface area (Å²) in [6, 6.07) is 0.679. The molecule has 0 aliphatic heterocycles. The summed E-state index contributed by atoms with van der Waals surface area (Å²) in [5.74, 6) is -0.645. The molecule has 57 heavy (non-hydrogen) atoms. The number of aliphatic carboxylic acids is 1. The molecular formula is C51H102N2O4. The summed E-state index contributed by atoms with van der Waals surface area (Å²) in [6.07, 6.45) is 54.4. The van der Waals surface area contributed by atoms with Crippen molar-refractivity contribution in [2.24, 2.45) is 5.73 Å². The van der Waals surface area contributed by atoms with Crippen molar-refractivity contribution in [3.63, 3.8) is 0 Å². The van der Waals surface area contributed by atoms with E-state index < -0.39 is 5.97 Å². The van der Waals surface area contributed by atoms with Crippen molar-refractivity contribution in [1.29, 1.82) is 0 Å². The summed E-state index contributed by atoms with van der Waals surface area (Å²) < 4.78 is 5.48. The monoisotopic (exact) mass is 807 g/mol. The highest BCUT2D eigenvalue weighted by Gasteiger charge is 2.12. The van der Waals surface area contributed by atoms with Crippen LogP contribution in [0.5, 0.6) is 0 Å². The summed E-state index contributed by atoms with van der Waals surface area (Å²) in [6.45, 7) is 6.17. The average molecular weight is 807 g/mol. The van der Waals surface area contributed by atoms with Crippen molar-refractivity contribution >= 4 is 11.9 Å². The standard InChI is InChI=1S/C51H102N2O4/c1-3-4-5-6-7-8-9-10-17-22-27-32-37-42-47-57-51(56)45-40-35-30-25-20-15-12-16-21-26-31-36-41-46-53-49(48(2)52)43-38-33-28-23-18-13-11-14-19-24-29-34-39-44-50(54)55/h48-49,53H,3-47,52H2,1-2H3,(H,54,55). The Bertz CT molecular complexity index is 806. The number of carbonyl (C=O) groups excluding carboxylic acids is 1. The molecule has 0 aromatic heterocycles. The van der Waals surface area contributed by atoms with E-state index in [-0.39, 0.29) is 12.0 Å². The quantitative estimate of drug-likeness (QED) is 0.0418. The first-order chi connectivity index (χ1) is 28.0. The van der Waals surface area contributed by atoms with Gasteiger partial charge >= 0.3 is 11.9 Å². The summed E-state index contributed by atoms with van der Waals surface area (Å²) in [5.41, 5.74) is 6.32. The number of ether oxygens (including phenoxy) is 1. The molecule has 0 aromatic rings. The molecule has 0 spiro atoms. The predicted molar refractivity (Wildman–Crippen MR) is 248 cm³/mol. The zero-order valence-electron chi connectivity index (χ0n) is 38.7. The highest BCUT2D eigenvalue weighted by Crippen LogP contribution is 2.17. The number of esters is 1. The van der Waals surface area contributed by atoms with Crippen molar-refractivity contribution in [2.75, 3.05) is 13.2 Å². The van der Waals surface area contributed by atoms with E-state index in [0.29, 0.717) is 25.5 Å². The van der Waals surface area contributed by atoms with Gasteiger partial charge in [0.25, 0.3) is 0 Å². The highest BCUT2D eigenvalue weighted by atomic mass is 16.5. The fraction of sp³-hybridized carbons (Fsp3) is 0.961. The van der Waals surface area contributed by atoms with Crippen LogP contribution in [0, 0.1) is 0 Å². The maximum absolute atomic E-state index is 12.0. The van der Waals surface area contributed by atoms with Crippen LogP contribution in [0.2, 0.25) is 0 Å². The van der Waals surface area contributed by atoms with Gasteiger partial charge in [0.05, 0.1) is 6.61 Å². The molecule has 340 valence electrons. The van der Waals surface area contributed by atoms with Gasteiger partial charge in [0.15, 0.2) is 0 Å². The minimum Gasteiger partial charge on any atom is -0.481 e. The van der Waals surface area contributed by atoms with E-state index in [0.717, 1.165) is 38.6 Å². The number of hydrogen-bond donors (Lipinski definition) is 3. The van der Waals surface area contributed by atoms with Crippen molar-refractivity contribution in [1.82, 2.24) is 5.32 Å². The number of unbranched alkanes of at least 4 members (excludes halogenated alkanes) is 37. The molecule has 0 saturated carbocycles. The maximum Gasteiger partial charge on any atom is 0.305 e. The van der Waals surface area contributed by atoms with Gasteiger partial charge in [0, 0.05) is 24.9 Å². The number of hydrogen-bond acceptors (Lipinski definition) is 5. The fourth-order valence-electron chi connectivity index (χ4n) is 8.32. The lowest BCUT2D eigenvalue weighted by Gasteiger charge is -2.22. The second kappa shape index (κ2) is 47.5. The molecule has 6 nitrogen and oxygen atoms in total. The minimum absolute atomic E-state index is 0.0162. The lowest BCUT2D eigenvalue weighted by molar-refractivity contribution is -0.144. The molecule has 6 heteroatoms. The molecule has 0 aliphatic rings. The van der Waals surface area contributed by atoms with Crippen LogP contribution in [-0.4, -0.2) is 42.3 Å². The van der Waals surface area contributed by atoms with E-state index in [1.165, 1.54) is 231 Å². The largest absolute Gasteiger partial charge is 0.481 e. The number of nitrogens with two attached hydrogens (primary N) is 1. The first kappa shape index (κ1) is 55.9. The number of nitrogens with one attached hydrogen (secondary N) is 1. The second-order valence-corrected chi connectivity index (χ2v) is 18.1. The van der Waals surface area contributed by atoms with Crippen LogP contribution in [0.25, 0.3) is 0 Å². The Morgan fingerprint density at radius 2 is 0.772 bits per heavy atom. The second-order valence-electron chi connectivity index (χ2n) is 18.1.